The molecule has 0 amide bonds. The molecule has 0 radical (unpaired) electrons. The van der Waals surface area contributed by atoms with Gasteiger partial charge in [-0.3, -0.25) is 9.98 Å². The molecule has 1 fully saturated rings. The minimum Gasteiger partial charge on any atom is -0.378 e. The number of ether oxygens (including phenoxy) is 1. The van der Waals surface area contributed by atoms with Crippen molar-refractivity contribution in [2.45, 2.75) is 12.5 Å². The summed E-state index contributed by atoms with van der Waals surface area (Å²) >= 11 is 0. The van der Waals surface area contributed by atoms with Gasteiger partial charge in [0.05, 0.1) is 25.0 Å². The van der Waals surface area contributed by atoms with Gasteiger partial charge in [-0.1, -0.05) is 12.1 Å². The molecule has 0 spiro atoms. The van der Waals surface area contributed by atoms with E-state index in [1.165, 1.54) is 5.69 Å². The van der Waals surface area contributed by atoms with Crippen molar-refractivity contribution in [3.63, 3.8) is 0 Å². The van der Waals surface area contributed by atoms with Gasteiger partial charge in [-0.2, -0.15) is 0 Å². The van der Waals surface area contributed by atoms with Gasteiger partial charge in [-0.05, 0) is 23.8 Å². The number of aliphatic imine (C=N–C) groups is 2. The molecule has 1 atom stereocenters. The van der Waals surface area contributed by atoms with Crippen LogP contribution in [0.25, 0.3) is 5.70 Å². The summed E-state index contributed by atoms with van der Waals surface area (Å²) in [6, 6.07) is 8.77. The molecule has 5 nitrogen and oxygen atoms in total. The number of nitrogens with zero attached hydrogens (tertiary/aromatic N) is 3. The number of benzene rings is 1. The van der Waals surface area contributed by atoms with E-state index in [0.29, 0.717) is 0 Å². The number of morpholine rings is 1. The quantitative estimate of drug-likeness (QED) is 0.911. The first kappa shape index (κ1) is 14.2. The summed E-state index contributed by atoms with van der Waals surface area (Å²) < 4.78 is 5.41. The standard InChI is InChI=1S/C18H20N4O/c1-3-15(22-9-11-23-12-10-22)4-2-14(1)17-13-18-16(5-6-19-17)20-7-8-21-18/h1-4,6-8,13,18,21H,5,9-12H2. The molecule has 3 aliphatic rings. The minimum atomic E-state index is 0.136. The first-order valence-corrected chi connectivity index (χ1v) is 8.05. The molecule has 5 heteroatoms. The van der Waals surface area contributed by atoms with E-state index in [-0.39, 0.29) is 6.04 Å². The Kier molecular flexibility index (Phi) is 3.94. The summed E-state index contributed by atoms with van der Waals surface area (Å²) in [4.78, 5) is 11.4. The molecular weight excluding hydrogens is 288 g/mol. The second kappa shape index (κ2) is 6.38. The van der Waals surface area contributed by atoms with Crippen LogP contribution in [0.15, 0.2) is 52.7 Å². The topological polar surface area (TPSA) is 49.2 Å². The maximum absolute atomic E-state index is 5.41. The fourth-order valence-corrected chi connectivity index (χ4v) is 3.05. The van der Waals surface area contributed by atoms with Gasteiger partial charge < -0.3 is 15.0 Å². The number of anilines is 1. The van der Waals surface area contributed by atoms with Crippen LogP contribution in [0.3, 0.4) is 0 Å². The molecule has 0 aromatic heterocycles. The third kappa shape index (κ3) is 3.05. The Balaban J connectivity index is 1.56. The van der Waals surface area contributed by atoms with Crippen molar-refractivity contribution < 1.29 is 4.74 Å². The Hall–Kier alpha value is -2.40. The zero-order valence-corrected chi connectivity index (χ0v) is 13.0. The fourth-order valence-electron chi connectivity index (χ4n) is 3.05. The summed E-state index contributed by atoms with van der Waals surface area (Å²) in [5.74, 6) is 0. The molecule has 1 N–H and O–H groups in total. The van der Waals surface area contributed by atoms with Crippen LogP contribution in [0, 0.1) is 0 Å². The third-order valence-electron chi connectivity index (χ3n) is 4.34. The second-order valence-electron chi connectivity index (χ2n) is 5.79. The zero-order chi connectivity index (χ0) is 15.5. The lowest BCUT2D eigenvalue weighted by Gasteiger charge is -2.28. The normalized spacial score (nSPS) is 23.5. The van der Waals surface area contributed by atoms with Crippen LogP contribution in [-0.4, -0.2) is 44.3 Å². The second-order valence-corrected chi connectivity index (χ2v) is 5.79. The molecule has 0 aliphatic carbocycles. The molecule has 1 saturated heterocycles. The van der Waals surface area contributed by atoms with Crippen LogP contribution < -0.4 is 10.2 Å². The Labute approximate surface area is 136 Å². The van der Waals surface area contributed by atoms with E-state index in [4.69, 9.17) is 4.74 Å². The van der Waals surface area contributed by atoms with Gasteiger partial charge in [0.15, 0.2) is 0 Å². The van der Waals surface area contributed by atoms with Crippen LogP contribution in [-0.2, 0) is 4.74 Å². The van der Waals surface area contributed by atoms with Crippen molar-refractivity contribution in [3.05, 3.63) is 48.3 Å². The molecule has 0 bridgehead atoms. The zero-order valence-electron chi connectivity index (χ0n) is 13.0. The lowest BCUT2D eigenvalue weighted by atomic mass is 10.1. The van der Waals surface area contributed by atoms with Crippen LogP contribution in [0.5, 0.6) is 0 Å². The summed E-state index contributed by atoms with van der Waals surface area (Å²) in [6.07, 6.45) is 8.57. The highest BCUT2D eigenvalue weighted by molar-refractivity contribution is 6.04. The van der Waals surface area contributed by atoms with E-state index in [1.807, 2.05) is 12.4 Å². The molecule has 1 unspecified atom stereocenters. The van der Waals surface area contributed by atoms with Crippen LogP contribution in [0.1, 0.15) is 12.0 Å². The van der Waals surface area contributed by atoms with Crippen LogP contribution >= 0.6 is 0 Å². The van der Waals surface area contributed by atoms with Gasteiger partial charge in [-0.15, -0.1) is 0 Å². The summed E-state index contributed by atoms with van der Waals surface area (Å²) in [7, 11) is 0. The Morgan fingerprint density at radius 3 is 2.78 bits per heavy atom. The van der Waals surface area contributed by atoms with Gasteiger partial charge >= 0.3 is 0 Å². The maximum atomic E-state index is 5.41. The first-order valence-electron chi connectivity index (χ1n) is 8.05. The first-order chi connectivity index (χ1) is 11.4. The summed E-state index contributed by atoms with van der Waals surface area (Å²) in [6.45, 7) is 3.52. The number of hydrogen-bond donors (Lipinski definition) is 1. The highest BCUT2D eigenvalue weighted by atomic mass is 16.5. The Morgan fingerprint density at radius 2 is 1.96 bits per heavy atom. The number of rotatable bonds is 2. The van der Waals surface area contributed by atoms with Crippen LogP contribution in [0.2, 0.25) is 0 Å². The van der Waals surface area contributed by atoms with Crippen molar-refractivity contribution in [1.29, 1.82) is 0 Å². The average molecular weight is 308 g/mol. The predicted octanol–water partition coefficient (Wildman–Crippen LogP) is 2.22. The summed E-state index contributed by atoms with van der Waals surface area (Å²) in [5.41, 5.74) is 4.49. The number of nitrogens with one attached hydrogen (secondary N) is 1. The van der Waals surface area contributed by atoms with Crippen LogP contribution in [0.4, 0.5) is 5.69 Å². The van der Waals surface area contributed by atoms with E-state index in [9.17, 15) is 0 Å². The smallest absolute Gasteiger partial charge is 0.0853 e. The van der Waals surface area contributed by atoms with E-state index in [2.05, 4.69) is 50.5 Å². The fraction of sp³-hybridized carbons (Fsp3) is 0.333. The molecule has 4 rings (SSSR count). The van der Waals surface area contributed by atoms with E-state index in [1.54, 1.807) is 6.20 Å². The monoisotopic (exact) mass is 308 g/mol. The number of fused-ring (bicyclic) bond motifs is 1. The molecule has 3 aliphatic heterocycles. The van der Waals surface area contributed by atoms with Gasteiger partial charge in [0.2, 0.25) is 0 Å². The highest BCUT2D eigenvalue weighted by Crippen LogP contribution is 2.24. The SMILES string of the molecule is C1=CNC2C=C(c3ccc(N4CCOCC4)cc3)N=CCC2=N1. The van der Waals surface area contributed by atoms with Crippen molar-refractivity contribution in [1.82, 2.24) is 5.32 Å². The summed E-state index contributed by atoms with van der Waals surface area (Å²) in [5, 5.41) is 3.33. The minimum absolute atomic E-state index is 0.136. The third-order valence-corrected chi connectivity index (χ3v) is 4.34. The van der Waals surface area contributed by atoms with Gasteiger partial charge in [-0.25, -0.2) is 0 Å². The van der Waals surface area contributed by atoms with E-state index in [0.717, 1.165) is 49.7 Å². The van der Waals surface area contributed by atoms with E-state index >= 15 is 0 Å². The van der Waals surface area contributed by atoms with Crippen molar-refractivity contribution in [2.75, 3.05) is 31.2 Å². The molecule has 1 aromatic carbocycles. The lowest BCUT2D eigenvalue weighted by molar-refractivity contribution is 0.122. The maximum Gasteiger partial charge on any atom is 0.0853 e. The Morgan fingerprint density at radius 1 is 1.13 bits per heavy atom. The van der Waals surface area contributed by atoms with Crippen molar-refractivity contribution in [3.8, 4) is 0 Å². The largest absolute Gasteiger partial charge is 0.378 e. The predicted molar refractivity (Wildman–Crippen MR) is 94.1 cm³/mol. The Bertz CT molecular complexity index is 681. The van der Waals surface area contributed by atoms with Crippen molar-refractivity contribution in [2.24, 2.45) is 9.98 Å². The van der Waals surface area contributed by atoms with E-state index < -0.39 is 0 Å². The molecular formula is C18H20N4O. The van der Waals surface area contributed by atoms with Gasteiger partial charge in [0.25, 0.3) is 0 Å². The van der Waals surface area contributed by atoms with Gasteiger partial charge in [0.1, 0.15) is 0 Å². The molecule has 23 heavy (non-hydrogen) atoms. The molecule has 3 heterocycles. The molecule has 1 aromatic rings. The number of hydrogen-bond acceptors (Lipinski definition) is 5. The van der Waals surface area contributed by atoms with Crippen molar-refractivity contribution >= 4 is 23.3 Å². The molecule has 0 saturated carbocycles. The lowest BCUT2D eigenvalue weighted by Crippen LogP contribution is -2.36. The highest BCUT2D eigenvalue weighted by Gasteiger charge is 2.18. The van der Waals surface area contributed by atoms with Gasteiger partial charge in [0, 0.05) is 49.5 Å². The molecule has 118 valence electrons. The average Bonchev–Trinajstić information content (AvgIpc) is 2.85.